The van der Waals surface area contributed by atoms with E-state index in [1.54, 1.807) is 0 Å². The van der Waals surface area contributed by atoms with Crippen LogP contribution in [0, 0.1) is 0 Å². The number of aryl methyl sites for hydroxylation is 1. The molecule has 1 heterocycles. The number of aromatic amines is 1. The van der Waals surface area contributed by atoms with Gasteiger partial charge in [0, 0.05) is 5.56 Å². The molecule has 1 aromatic heterocycles. The molecule has 0 bridgehead atoms. The minimum atomic E-state index is -0.000602. The molecule has 0 atom stereocenters. The van der Waals surface area contributed by atoms with Crippen LogP contribution in [0.2, 0.25) is 0 Å². The Morgan fingerprint density at radius 2 is 2.18 bits per heavy atom. The molecule has 0 aliphatic carbocycles. The van der Waals surface area contributed by atoms with Crippen molar-refractivity contribution in [1.82, 2.24) is 9.97 Å². The van der Waals surface area contributed by atoms with E-state index in [1.165, 1.54) is 6.33 Å². The topological polar surface area (TPSA) is 45.8 Å². The zero-order valence-electron chi connectivity index (χ0n) is 6.85. The van der Waals surface area contributed by atoms with Crippen LogP contribution >= 0.6 is 0 Å². The number of nitrogens with zero attached hydrogens (tertiary/aromatic N) is 1. The molecule has 0 saturated heterocycles. The Labute approximate surface area is 65.5 Å². The number of nitrogens with one attached hydrogen (secondary N) is 1. The lowest BCUT2D eigenvalue weighted by atomic mass is 10.1. The predicted molar refractivity (Wildman–Crippen MR) is 43.6 cm³/mol. The fourth-order valence-corrected chi connectivity index (χ4v) is 1.13. The first kappa shape index (κ1) is 7.98. The first-order valence-electron chi connectivity index (χ1n) is 3.85. The second kappa shape index (κ2) is 3.32. The molecule has 60 valence electrons. The van der Waals surface area contributed by atoms with Gasteiger partial charge in [-0.2, -0.15) is 0 Å². The lowest BCUT2D eigenvalue weighted by Crippen LogP contribution is -2.15. The number of rotatable bonds is 2. The van der Waals surface area contributed by atoms with E-state index >= 15 is 0 Å². The molecule has 1 aromatic rings. The summed E-state index contributed by atoms with van der Waals surface area (Å²) in [6.07, 6.45) is 3.04. The Balaban J connectivity index is 3.24. The average molecular weight is 152 g/mol. The molecule has 11 heavy (non-hydrogen) atoms. The molecular formula is C8H12N2O. The largest absolute Gasteiger partial charge is 0.313 e. The quantitative estimate of drug-likeness (QED) is 0.684. The van der Waals surface area contributed by atoms with Crippen LogP contribution in [0.4, 0.5) is 0 Å². The van der Waals surface area contributed by atoms with Gasteiger partial charge in [0.15, 0.2) is 0 Å². The van der Waals surface area contributed by atoms with E-state index in [2.05, 4.69) is 9.97 Å². The van der Waals surface area contributed by atoms with E-state index in [-0.39, 0.29) is 5.56 Å². The van der Waals surface area contributed by atoms with E-state index in [0.717, 1.165) is 24.1 Å². The van der Waals surface area contributed by atoms with Crippen molar-refractivity contribution in [3.63, 3.8) is 0 Å². The highest BCUT2D eigenvalue weighted by Crippen LogP contribution is 1.99. The summed E-state index contributed by atoms with van der Waals surface area (Å²) >= 11 is 0. The third kappa shape index (κ3) is 1.48. The summed E-state index contributed by atoms with van der Waals surface area (Å²) < 4.78 is 0. The van der Waals surface area contributed by atoms with Gasteiger partial charge in [0.25, 0.3) is 5.56 Å². The Morgan fingerprint density at radius 3 is 2.64 bits per heavy atom. The Hall–Kier alpha value is -1.12. The molecule has 0 spiro atoms. The van der Waals surface area contributed by atoms with E-state index < -0.39 is 0 Å². The van der Waals surface area contributed by atoms with Crippen LogP contribution < -0.4 is 5.56 Å². The molecular weight excluding hydrogens is 140 g/mol. The van der Waals surface area contributed by atoms with Crippen molar-refractivity contribution in [2.75, 3.05) is 0 Å². The third-order valence-corrected chi connectivity index (χ3v) is 1.73. The molecule has 0 saturated carbocycles. The standard InChI is InChI=1S/C8H12N2O/c1-3-6-7(4-2)9-5-10-8(6)11/h5H,3-4H2,1-2H3,(H,9,10,11). The summed E-state index contributed by atoms with van der Waals surface area (Å²) in [5, 5.41) is 0. The van der Waals surface area contributed by atoms with Crippen molar-refractivity contribution in [2.45, 2.75) is 26.7 Å². The number of hydrogen-bond acceptors (Lipinski definition) is 2. The number of aromatic nitrogens is 2. The molecule has 0 amide bonds. The minimum absolute atomic E-state index is 0.000602. The zero-order valence-corrected chi connectivity index (χ0v) is 6.85. The van der Waals surface area contributed by atoms with Crippen molar-refractivity contribution in [3.05, 3.63) is 27.9 Å². The van der Waals surface area contributed by atoms with Gasteiger partial charge < -0.3 is 4.98 Å². The number of H-pyrrole nitrogens is 1. The Kier molecular flexibility index (Phi) is 2.41. The van der Waals surface area contributed by atoms with Gasteiger partial charge in [-0.05, 0) is 12.8 Å². The fraction of sp³-hybridized carbons (Fsp3) is 0.500. The molecule has 0 aromatic carbocycles. The van der Waals surface area contributed by atoms with E-state index in [9.17, 15) is 4.79 Å². The van der Waals surface area contributed by atoms with Gasteiger partial charge in [-0.25, -0.2) is 4.98 Å². The summed E-state index contributed by atoms with van der Waals surface area (Å²) in [5.74, 6) is 0. The summed E-state index contributed by atoms with van der Waals surface area (Å²) in [6, 6.07) is 0. The van der Waals surface area contributed by atoms with E-state index in [4.69, 9.17) is 0 Å². The highest BCUT2D eigenvalue weighted by atomic mass is 16.1. The normalized spacial score (nSPS) is 10.0. The smallest absolute Gasteiger partial charge is 0.254 e. The molecule has 0 fully saturated rings. The van der Waals surface area contributed by atoms with Crippen molar-refractivity contribution in [2.24, 2.45) is 0 Å². The highest BCUT2D eigenvalue weighted by molar-refractivity contribution is 5.15. The van der Waals surface area contributed by atoms with Gasteiger partial charge in [0.1, 0.15) is 0 Å². The first-order valence-corrected chi connectivity index (χ1v) is 3.85. The average Bonchev–Trinajstić information content (AvgIpc) is 2.04. The van der Waals surface area contributed by atoms with Crippen LogP contribution in [0.15, 0.2) is 11.1 Å². The molecule has 0 aliphatic heterocycles. The van der Waals surface area contributed by atoms with Crippen LogP contribution in [0.25, 0.3) is 0 Å². The lowest BCUT2D eigenvalue weighted by Gasteiger charge is -2.00. The minimum Gasteiger partial charge on any atom is -0.313 e. The van der Waals surface area contributed by atoms with Gasteiger partial charge in [-0.3, -0.25) is 4.79 Å². The summed E-state index contributed by atoms with van der Waals surface area (Å²) in [5.41, 5.74) is 1.73. The zero-order chi connectivity index (χ0) is 8.27. The van der Waals surface area contributed by atoms with Crippen molar-refractivity contribution in [3.8, 4) is 0 Å². The van der Waals surface area contributed by atoms with Crippen molar-refractivity contribution in [1.29, 1.82) is 0 Å². The molecule has 0 aliphatic rings. The van der Waals surface area contributed by atoms with Gasteiger partial charge >= 0.3 is 0 Å². The Bertz CT molecular complexity index is 290. The molecule has 3 nitrogen and oxygen atoms in total. The second-order valence-corrected chi connectivity index (χ2v) is 2.36. The molecule has 3 heteroatoms. The summed E-state index contributed by atoms with van der Waals surface area (Å²) in [6.45, 7) is 3.96. The van der Waals surface area contributed by atoms with Gasteiger partial charge in [-0.15, -0.1) is 0 Å². The maximum Gasteiger partial charge on any atom is 0.254 e. The van der Waals surface area contributed by atoms with Crippen molar-refractivity contribution < 1.29 is 0 Å². The van der Waals surface area contributed by atoms with Crippen LogP contribution in [-0.2, 0) is 12.8 Å². The first-order chi connectivity index (χ1) is 5.29. The molecule has 0 radical (unpaired) electrons. The number of hydrogen-bond donors (Lipinski definition) is 1. The van der Waals surface area contributed by atoms with Crippen LogP contribution in [0.3, 0.4) is 0 Å². The van der Waals surface area contributed by atoms with E-state index in [0.29, 0.717) is 0 Å². The van der Waals surface area contributed by atoms with Gasteiger partial charge in [-0.1, -0.05) is 13.8 Å². The lowest BCUT2D eigenvalue weighted by molar-refractivity contribution is 0.906. The van der Waals surface area contributed by atoms with Gasteiger partial charge in [0.2, 0.25) is 0 Å². The molecule has 1 rings (SSSR count). The maximum atomic E-state index is 11.1. The molecule has 1 N–H and O–H groups in total. The van der Waals surface area contributed by atoms with Crippen LogP contribution in [0.1, 0.15) is 25.1 Å². The monoisotopic (exact) mass is 152 g/mol. The summed E-state index contributed by atoms with van der Waals surface area (Å²) in [7, 11) is 0. The predicted octanol–water partition coefficient (Wildman–Crippen LogP) is 0.895. The molecule has 0 unspecified atom stereocenters. The third-order valence-electron chi connectivity index (χ3n) is 1.73. The summed E-state index contributed by atoms with van der Waals surface area (Å²) in [4.78, 5) is 17.8. The van der Waals surface area contributed by atoms with Crippen LogP contribution in [0.5, 0.6) is 0 Å². The maximum absolute atomic E-state index is 11.1. The SMILES string of the molecule is CCc1nc[nH]c(=O)c1CC. The van der Waals surface area contributed by atoms with Crippen LogP contribution in [-0.4, -0.2) is 9.97 Å². The fourth-order valence-electron chi connectivity index (χ4n) is 1.13. The second-order valence-electron chi connectivity index (χ2n) is 2.36. The van der Waals surface area contributed by atoms with Crippen molar-refractivity contribution >= 4 is 0 Å². The van der Waals surface area contributed by atoms with E-state index in [1.807, 2.05) is 13.8 Å². The Morgan fingerprint density at radius 1 is 1.45 bits per heavy atom. The van der Waals surface area contributed by atoms with Gasteiger partial charge in [0.05, 0.1) is 12.0 Å². The highest BCUT2D eigenvalue weighted by Gasteiger charge is 2.02.